The highest BCUT2D eigenvalue weighted by molar-refractivity contribution is 5.87. The second-order valence-electron chi connectivity index (χ2n) is 5.08. The molecular formula is C14H19N3O3. The molecule has 2 amide bonds. The van der Waals surface area contributed by atoms with Crippen LogP contribution in [-0.2, 0) is 15.1 Å². The fourth-order valence-electron chi connectivity index (χ4n) is 2.12. The molecule has 1 aromatic carbocycles. The number of hydrogen-bond acceptors (Lipinski definition) is 4. The van der Waals surface area contributed by atoms with Crippen molar-refractivity contribution in [2.45, 2.75) is 18.5 Å². The van der Waals surface area contributed by atoms with Gasteiger partial charge in [0, 0.05) is 6.54 Å². The first-order valence-electron chi connectivity index (χ1n) is 6.53. The lowest BCUT2D eigenvalue weighted by atomic mass is 9.92. The smallest absolute Gasteiger partial charge is 0.239 e. The van der Waals surface area contributed by atoms with Gasteiger partial charge in [0.2, 0.25) is 11.8 Å². The summed E-state index contributed by atoms with van der Waals surface area (Å²) >= 11 is 0. The van der Waals surface area contributed by atoms with Gasteiger partial charge in [-0.2, -0.15) is 0 Å². The highest BCUT2D eigenvalue weighted by Crippen LogP contribution is 2.19. The van der Waals surface area contributed by atoms with Crippen molar-refractivity contribution >= 4 is 11.8 Å². The number of amides is 2. The number of carbonyl (C=O) groups excluding carboxylic acids is 2. The number of carbonyl (C=O) groups is 2. The maximum absolute atomic E-state index is 12.2. The molecule has 6 heteroatoms. The summed E-state index contributed by atoms with van der Waals surface area (Å²) in [6, 6.07) is 8.81. The third-order valence-electron chi connectivity index (χ3n) is 3.46. The molecule has 2 atom stereocenters. The summed E-state index contributed by atoms with van der Waals surface area (Å²) in [5.74, 6) is -0.368. The third kappa shape index (κ3) is 3.15. The zero-order valence-electron chi connectivity index (χ0n) is 11.3. The van der Waals surface area contributed by atoms with Crippen LogP contribution in [0.3, 0.4) is 0 Å². The molecule has 1 aliphatic heterocycles. The largest absolute Gasteiger partial charge is 0.394 e. The van der Waals surface area contributed by atoms with Gasteiger partial charge in [0.05, 0.1) is 18.7 Å². The summed E-state index contributed by atoms with van der Waals surface area (Å²) < 4.78 is 0. The van der Waals surface area contributed by atoms with Crippen LogP contribution in [0.2, 0.25) is 0 Å². The van der Waals surface area contributed by atoms with Gasteiger partial charge in [0.1, 0.15) is 6.04 Å². The fourth-order valence-corrected chi connectivity index (χ4v) is 2.12. The Bertz CT molecular complexity index is 482. The number of piperazine rings is 1. The van der Waals surface area contributed by atoms with Crippen molar-refractivity contribution in [3.8, 4) is 0 Å². The van der Waals surface area contributed by atoms with E-state index in [1.807, 2.05) is 30.3 Å². The topological polar surface area (TPSA) is 90.5 Å². The quantitative estimate of drug-likeness (QED) is 0.574. The van der Waals surface area contributed by atoms with Gasteiger partial charge in [-0.3, -0.25) is 14.9 Å². The highest BCUT2D eigenvalue weighted by atomic mass is 16.3. The van der Waals surface area contributed by atoms with Crippen molar-refractivity contribution in [3.63, 3.8) is 0 Å². The Kier molecular flexibility index (Phi) is 4.36. The van der Waals surface area contributed by atoms with E-state index in [1.54, 1.807) is 6.92 Å². The van der Waals surface area contributed by atoms with E-state index in [0.717, 1.165) is 5.56 Å². The van der Waals surface area contributed by atoms with Gasteiger partial charge >= 0.3 is 0 Å². The lowest BCUT2D eigenvalue weighted by molar-refractivity contribution is -0.128. The summed E-state index contributed by atoms with van der Waals surface area (Å²) in [7, 11) is 0. The first-order valence-corrected chi connectivity index (χ1v) is 6.53. The third-order valence-corrected chi connectivity index (χ3v) is 3.46. The van der Waals surface area contributed by atoms with Crippen LogP contribution >= 0.6 is 0 Å². The normalized spacial score (nSPS) is 21.7. The minimum absolute atomic E-state index is 0.123. The number of aliphatic hydroxyl groups is 1. The van der Waals surface area contributed by atoms with E-state index < -0.39 is 11.6 Å². The van der Waals surface area contributed by atoms with Crippen molar-refractivity contribution in [1.29, 1.82) is 0 Å². The van der Waals surface area contributed by atoms with E-state index >= 15 is 0 Å². The molecule has 1 aliphatic rings. The summed E-state index contributed by atoms with van der Waals surface area (Å²) in [5.41, 5.74) is -0.0164. The summed E-state index contributed by atoms with van der Waals surface area (Å²) in [6.45, 7) is 1.93. The van der Waals surface area contributed by atoms with Crippen molar-refractivity contribution in [1.82, 2.24) is 16.0 Å². The van der Waals surface area contributed by atoms with E-state index in [1.165, 1.54) is 0 Å². The highest BCUT2D eigenvalue weighted by Gasteiger charge is 2.32. The number of benzene rings is 1. The van der Waals surface area contributed by atoms with Gasteiger partial charge < -0.3 is 15.7 Å². The van der Waals surface area contributed by atoms with Gasteiger partial charge in [-0.15, -0.1) is 0 Å². The summed E-state index contributed by atoms with van der Waals surface area (Å²) in [5, 5.41) is 18.0. The fraction of sp³-hybridized carbons (Fsp3) is 0.429. The number of aliphatic hydroxyl groups excluding tert-OH is 1. The molecule has 0 aliphatic carbocycles. The van der Waals surface area contributed by atoms with Gasteiger partial charge in [0.25, 0.3) is 0 Å². The molecular weight excluding hydrogens is 258 g/mol. The average Bonchev–Trinajstić information content (AvgIpc) is 2.48. The van der Waals surface area contributed by atoms with E-state index in [9.17, 15) is 14.7 Å². The lowest BCUT2D eigenvalue weighted by Crippen LogP contribution is -2.61. The molecule has 1 fully saturated rings. The number of hydrogen-bond donors (Lipinski definition) is 4. The molecule has 1 heterocycles. The Morgan fingerprint density at radius 1 is 1.45 bits per heavy atom. The van der Waals surface area contributed by atoms with Crippen LogP contribution in [0.4, 0.5) is 0 Å². The molecule has 1 saturated heterocycles. The predicted molar refractivity (Wildman–Crippen MR) is 73.8 cm³/mol. The summed E-state index contributed by atoms with van der Waals surface area (Å²) in [6.07, 6.45) is 0. The van der Waals surface area contributed by atoms with E-state index in [2.05, 4.69) is 16.0 Å². The van der Waals surface area contributed by atoms with Gasteiger partial charge in [-0.1, -0.05) is 30.3 Å². The van der Waals surface area contributed by atoms with Gasteiger partial charge in [-0.25, -0.2) is 0 Å². The van der Waals surface area contributed by atoms with Crippen LogP contribution in [0.15, 0.2) is 30.3 Å². The molecule has 0 bridgehead atoms. The monoisotopic (exact) mass is 277 g/mol. The molecule has 2 rings (SSSR count). The SMILES string of the molecule is CC(CO)(NC(=O)C1CNC(=O)CN1)c1ccccc1. The zero-order chi connectivity index (χ0) is 14.6. The van der Waals surface area contributed by atoms with Crippen LogP contribution in [0.5, 0.6) is 0 Å². The van der Waals surface area contributed by atoms with Gasteiger partial charge in [0.15, 0.2) is 0 Å². The minimum Gasteiger partial charge on any atom is -0.394 e. The van der Waals surface area contributed by atoms with Crippen molar-refractivity contribution < 1.29 is 14.7 Å². The van der Waals surface area contributed by atoms with Crippen LogP contribution in [-0.4, -0.2) is 42.7 Å². The first-order chi connectivity index (χ1) is 9.55. The van der Waals surface area contributed by atoms with E-state index in [4.69, 9.17) is 0 Å². The van der Waals surface area contributed by atoms with Crippen molar-refractivity contribution in [3.05, 3.63) is 35.9 Å². The molecule has 0 spiro atoms. The predicted octanol–water partition coefficient (Wildman–Crippen LogP) is -0.902. The summed E-state index contributed by atoms with van der Waals surface area (Å²) in [4.78, 5) is 23.3. The van der Waals surface area contributed by atoms with E-state index in [-0.39, 0.29) is 31.5 Å². The molecule has 6 nitrogen and oxygen atoms in total. The molecule has 0 radical (unpaired) electrons. The molecule has 4 N–H and O–H groups in total. The maximum Gasteiger partial charge on any atom is 0.239 e. The lowest BCUT2D eigenvalue weighted by Gasteiger charge is -2.32. The number of rotatable bonds is 4. The maximum atomic E-state index is 12.2. The van der Waals surface area contributed by atoms with Crippen LogP contribution in [0.25, 0.3) is 0 Å². The average molecular weight is 277 g/mol. The van der Waals surface area contributed by atoms with Crippen LogP contribution in [0.1, 0.15) is 12.5 Å². The van der Waals surface area contributed by atoms with Gasteiger partial charge in [-0.05, 0) is 12.5 Å². The molecule has 20 heavy (non-hydrogen) atoms. The van der Waals surface area contributed by atoms with Crippen molar-refractivity contribution in [2.75, 3.05) is 19.7 Å². The first kappa shape index (κ1) is 14.5. The van der Waals surface area contributed by atoms with Crippen molar-refractivity contribution in [2.24, 2.45) is 0 Å². The molecule has 0 aromatic heterocycles. The Balaban J connectivity index is 2.06. The molecule has 0 saturated carbocycles. The molecule has 1 aromatic rings. The number of nitrogens with one attached hydrogen (secondary N) is 3. The standard InChI is InChI=1S/C14H19N3O3/c1-14(9-18,10-5-3-2-4-6-10)17-13(20)11-7-16-12(19)8-15-11/h2-6,11,15,18H,7-9H2,1H3,(H,16,19)(H,17,20). The van der Waals surface area contributed by atoms with Crippen LogP contribution < -0.4 is 16.0 Å². The second kappa shape index (κ2) is 6.02. The minimum atomic E-state index is -0.846. The second-order valence-corrected chi connectivity index (χ2v) is 5.08. The Morgan fingerprint density at radius 3 is 2.70 bits per heavy atom. The Hall–Kier alpha value is -1.92. The zero-order valence-corrected chi connectivity index (χ0v) is 11.3. The Labute approximate surface area is 117 Å². The Morgan fingerprint density at radius 2 is 2.15 bits per heavy atom. The van der Waals surface area contributed by atoms with Crippen LogP contribution in [0, 0.1) is 0 Å². The molecule has 108 valence electrons. The molecule has 2 unspecified atom stereocenters. The van der Waals surface area contributed by atoms with E-state index in [0.29, 0.717) is 0 Å².